The van der Waals surface area contributed by atoms with E-state index in [0.717, 1.165) is 18.2 Å². The SMILES string of the molecule is CCNC(=NCc1c(C)nn(C)c1C)NC1CCCC1.I. The number of aryl methyl sites for hydroxylation is 2. The minimum Gasteiger partial charge on any atom is -0.357 e. The largest absolute Gasteiger partial charge is 0.357 e. The molecule has 1 aliphatic carbocycles. The van der Waals surface area contributed by atoms with E-state index >= 15 is 0 Å². The fourth-order valence-electron chi connectivity index (χ4n) is 2.79. The molecule has 1 saturated carbocycles. The Bertz CT molecular complexity index is 475. The Balaban J connectivity index is 0.00000220. The molecule has 21 heavy (non-hydrogen) atoms. The minimum absolute atomic E-state index is 0. The molecular weight excluding hydrogens is 377 g/mol. The molecule has 120 valence electrons. The Morgan fingerprint density at radius 1 is 1.33 bits per heavy atom. The molecule has 1 aromatic rings. The molecule has 0 aromatic carbocycles. The topological polar surface area (TPSA) is 54.2 Å². The van der Waals surface area contributed by atoms with Crippen LogP contribution in [-0.4, -0.2) is 28.3 Å². The van der Waals surface area contributed by atoms with Crippen LogP contribution in [0.15, 0.2) is 4.99 Å². The van der Waals surface area contributed by atoms with Crippen LogP contribution in [-0.2, 0) is 13.6 Å². The highest BCUT2D eigenvalue weighted by molar-refractivity contribution is 14.0. The highest BCUT2D eigenvalue weighted by atomic mass is 127. The van der Waals surface area contributed by atoms with E-state index in [1.54, 1.807) is 0 Å². The van der Waals surface area contributed by atoms with Crippen LogP contribution < -0.4 is 10.6 Å². The minimum atomic E-state index is 0. The van der Waals surface area contributed by atoms with Crippen LogP contribution in [0.1, 0.15) is 49.6 Å². The maximum atomic E-state index is 4.72. The zero-order valence-electron chi connectivity index (χ0n) is 13.6. The summed E-state index contributed by atoms with van der Waals surface area (Å²) in [6.07, 6.45) is 5.18. The summed E-state index contributed by atoms with van der Waals surface area (Å²) < 4.78 is 1.93. The van der Waals surface area contributed by atoms with Gasteiger partial charge in [-0.2, -0.15) is 5.10 Å². The number of rotatable bonds is 4. The van der Waals surface area contributed by atoms with E-state index in [2.05, 4.69) is 36.5 Å². The Labute approximate surface area is 145 Å². The summed E-state index contributed by atoms with van der Waals surface area (Å²) in [5.41, 5.74) is 3.50. The van der Waals surface area contributed by atoms with Gasteiger partial charge in [-0.1, -0.05) is 12.8 Å². The molecule has 0 aliphatic heterocycles. The van der Waals surface area contributed by atoms with E-state index in [4.69, 9.17) is 4.99 Å². The number of aliphatic imine (C=N–C) groups is 1. The summed E-state index contributed by atoms with van der Waals surface area (Å²) in [5.74, 6) is 0.932. The molecule has 0 amide bonds. The first-order valence-corrected chi connectivity index (χ1v) is 7.65. The molecule has 2 rings (SSSR count). The van der Waals surface area contributed by atoms with E-state index < -0.39 is 0 Å². The van der Waals surface area contributed by atoms with Gasteiger partial charge in [0.15, 0.2) is 5.96 Å². The van der Waals surface area contributed by atoms with Crippen molar-refractivity contribution < 1.29 is 0 Å². The summed E-state index contributed by atoms with van der Waals surface area (Å²) in [7, 11) is 1.98. The van der Waals surface area contributed by atoms with Crippen LogP contribution in [0.25, 0.3) is 0 Å². The second kappa shape index (κ2) is 8.60. The monoisotopic (exact) mass is 405 g/mol. The third-order valence-electron chi connectivity index (χ3n) is 4.09. The smallest absolute Gasteiger partial charge is 0.191 e. The van der Waals surface area contributed by atoms with Crippen LogP contribution in [0, 0.1) is 13.8 Å². The van der Waals surface area contributed by atoms with Crippen molar-refractivity contribution in [1.82, 2.24) is 20.4 Å². The molecular formula is C15H28IN5. The highest BCUT2D eigenvalue weighted by Gasteiger charge is 2.16. The maximum Gasteiger partial charge on any atom is 0.191 e. The van der Waals surface area contributed by atoms with Gasteiger partial charge in [-0.25, -0.2) is 4.99 Å². The average Bonchev–Trinajstić information content (AvgIpc) is 2.98. The van der Waals surface area contributed by atoms with E-state index in [-0.39, 0.29) is 24.0 Å². The number of guanidine groups is 1. The van der Waals surface area contributed by atoms with E-state index in [1.165, 1.54) is 36.9 Å². The number of aromatic nitrogens is 2. The molecule has 1 fully saturated rings. The van der Waals surface area contributed by atoms with Crippen molar-refractivity contribution >= 4 is 29.9 Å². The molecule has 0 saturated heterocycles. The molecule has 0 bridgehead atoms. The number of hydrogen-bond acceptors (Lipinski definition) is 2. The quantitative estimate of drug-likeness (QED) is 0.460. The number of hydrogen-bond donors (Lipinski definition) is 2. The van der Waals surface area contributed by atoms with Gasteiger partial charge in [0, 0.05) is 30.9 Å². The van der Waals surface area contributed by atoms with Gasteiger partial charge in [-0.05, 0) is 33.6 Å². The van der Waals surface area contributed by atoms with E-state index in [1.807, 2.05) is 11.7 Å². The third-order valence-corrected chi connectivity index (χ3v) is 4.09. The van der Waals surface area contributed by atoms with Crippen molar-refractivity contribution in [3.8, 4) is 0 Å². The zero-order chi connectivity index (χ0) is 14.5. The Hall–Kier alpha value is -0.790. The van der Waals surface area contributed by atoms with Crippen molar-refractivity contribution in [3.05, 3.63) is 17.0 Å². The van der Waals surface area contributed by atoms with E-state index in [9.17, 15) is 0 Å². The Morgan fingerprint density at radius 3 is 2.52 bits per heavy atom. The predicted molar refractivity (Wildman–Crippen MR) is 98.3 cm³/mol. The number of nitrogens with one attached hydrogen (secondary N) is 2. The van der Waals surface area contributed by atoms with Gasteiger partial charge in [-0.15, -0.1) is 24.0 Å². The maximum absolute atomic E-state index is 4.72. The van der Waals surface area contributed by atoms with E-state index in [0.29, 0.717) is 12.6 Å². The Kier molecular flexibility index (Phi) is 7.48. The molecule has 1 aliphatic rings. The standard InChI is InChI=1S/C15H27N5.HI/c1-5-16-15(18-13-8-6-7-9-13)17-10-14-11(2)19-20(4)12(14)3;/h13H,5-10H2,1-4H3,(H2,16,17,18);1H. The van der Waals surface area contributed by atoms with Gasteiger partial charge < -0.3 is 10.6 Å². The molecule has 5 nitrogen and oxygen atoms in total. The first-order chi connectivity index (χ1) is 9.61. The van der Waals surface area contributed by atoms with Crippen molar-refractivity contribution in [2.45, 2.75) is 59.0 Å². The van der Waals surface area contributed by atoms with Crippen molar-refractivity contribution in [1.29, 1.82) is 0 Å². The zero-order valence-corrected chi connectivity index (χ0v) is 15.9. The van der Waals surface area contributed by atoms with Crippen LogP contribution in [0.4, 0.5) is 0 Å². The summed E-state index contributed by atoms with van der Waals surface area (Å²) in [4.78, 5) is 4.72. The lowest BCUT2D eigenvalue weighted by molar-refractivity contribution is 0.613. The molecule has 0 radical (unpaired) electrons. The normalized spacial score (nSPS) is 15.9. The summed E-state index contributed by atoms with van der Waals surface area (Å²) in [6, 6.07) is 0.587. The van der Waals surface area contributed by atoms with Gasteiger partial charge in [0.05, 0.1) is 12.2 Å². The van der Waals surface area contributed by atoms with Crippen LogP contribution in [0.3, 0.4) is 0 Å². The van der Waals surface area contributed by atoms with Crippen LogP contribution in [0.5, 0.6) is 0 Å². The van der Waals surface area contributed by atoms with Gasteiger partial charge >= 0.3 is 0 Å². The molecule has 2 N–H and O–H groups in total. The summed E-state index contributed by atoms with van der Waals surface area (Å²) in [5, 5.41) is 11.3. The van der Waals surface area contributed by atoms with Gasteiger partial charge in [0.2, 0.25) is 0 Å². The van der Waals surface area contributed by atoms with Crippen LogP contribution >= 0.6 is 24.0 Å². The molecule has 0 spiro atoms. The molecule has 0 atom stereocenters. The predicted octanol–water partition coefficient (Wildman–Crippen LogP) is 2.65. The first-order valence-electron chi connectivity index (χ1n) is 7.65. The summed E-state index contributed by atoms with van der Waals surface area (Å²) >= 11 is 0. The highest BCUT2D eigenvalue weighted by Crippen LogP contribution is 2.17. The lowest BCUT2D eigenvalue weighted by Crippen LogP contribution is -2.42. The lowest BCUT2D eigenvalue weighted by atomic mass is 10.2. The summed E-state index contributed by atoms with van der Waals surface area (Å²) in [6.45, 7) is 7.83. The fraction of sp³-hybridized carbons (Fsp3) is 0.733. The first kappa shape index (κ1) is 18.3. The van der Waals surface area contributed by atoms with Gasteiger partial charge in [0.1, 0.15) is 0 Å². The second-order valence-electron chi connectivity index (χ2n) is 5.59. The average molecular weight is 405 g/mol. The van der Waals surface area contributed by atoms with Crippen molar-refractivity contribution in [2.24, 2.45) is 12.0 Å². The molecule has 0 unspecified atom stereocenters. The second-order valence-corrected chi connectivity index (χ2v) is 5.59. The number of halogens is 1. The molecule has 6 heteroatoms. The lowest BCUT2D eigenvalue weighted by Gasteiger charge is -2.16. The molecule has 1 aromatic heterocycles. The van der Waals surface area contributed by atoms with Gasteiger partial charge in [-0.3, -0.25) is 4.68 Å². The third kappa shape index (κ3) is 4.86. The van der Waals surface area contributed by atoms with Crippen molar-refractivity contribution in [3.63, 3.8) is 0 Å². The van der Waals surface area contributed by atoms with Crippen molar-refractivity contribution in [2.75, 3.05) is 6.54 Å². The Morgan fingerprint density at radius 2 is 2.00 bits per heavy atom. The van der Waals surface area contributed by atoms with Gasteiger partial charge in [0.25, 0.3) is 0 Å². The molecule has 1 heterocycles. The number of nitrogens with zero attached hydrogens (tertiary/aromatic N) is 3. The fourth-order valence-corrected chi connectivity index (χ4v) is 2.79. The van der Waals surface area contributed by atoms with Crippen LogP contribution in [0.2, 0.25) is 0 Å².